The lowest BCUT2D eigenvalue weighted by molar-refractivity contribution is -0.257. The first-order chi connectivity index (χ1) is 18.0. The summed E-state index contributed by atoms with van der Waals surface area (Å²) < 4.78 is 24.8. The lowest BCUT2D eigenvalue weighted by atomic mass is 9.67. The van der Waals surface area contributed by atoms with Crippen molar-refractivity contribution in [3.05, 3.63) is 0 Å². The smallest absolute Gasteiger partial charge is 0.341 e. The number of carbonyl (C=O) groups excluding carboxylic acids is 2. The Labute approximate surface area is 226 Å². The summed E-state index contributed by atoms with van der Waals surface area (Å²) in [6.07, 6.45) is 3.34. The van der Waals surface area contributed by atoms with E-state index in [-0.39, 0.29) is 48.3 Å². The van der Waals surface area contributed by atoms with Crippen LogP contribution in [0.15, 0.2) is 0 Å². The number of hydrogen-bond acceptors (Lipinski definition) is 10. The van der Waals surface area contributed by atoms with Crippen LogP contribution in [0.5, 0.6) is 0 Å². The molecule has 38 heavy (non-hydrogen) atoms. The Hall–Kier alpha value is -1.14. The van der Waals surface area contributed by atoms with Crippen molar-refractivity contribution >= 4 is 11.8 Å². The van der Waals surface area contributed by atoms with E-state index in [0.717, 1.165) is 32.2 Å². The van der Waals surface area contributed by atoms with Gasteiger partial charge in [-0.3, -0.25) is 4.79 Å². The first kappa shape index (κ1) is 28.4. The quantitative estimate of drug-likeness (QED) is 0.262. The molecule has 4 heterocycles. The molecular weight excluding hydrogens is 490 g/mol. The van der Waals surface area contributed by atoms with Crippen LogP contribution in [-0.4, -0.2) is 91.0 Å². The number of nitrogens with one attached hydrogen (secondary N) is 2. The molecule has 11 atom stereocenters. The van der Waals surface area contributed by atoms with Crippen LogP contribution in [0.1, 0.15) is 72.1 Å². The van der Waals surface area contributed by atoms with E-state index in [0.29, 0.717) is 38.1 Å². The number of piperidine rings is 1. The van der Waals surface area contributed by atoms with E-state index in [4.69, 9.17) is 24.7 Å². The monoisotopic (exact) mass is 537 g/mol. The minimum Gasteiger partial charge on any atom is -0.457 e. The average molecular weight is 538 g/mol. The van der Waals surface area contributed by atoms with Crippen LogP contribution in [0.3, 0.4) is 0 Å². The predicted octanol–water partition coefficient (Wildman–Crippen LogP) is 1.02. The fourth-order valence-corrected chi connectivity index (χ4v) is 7.41. The maximum atomic E-state index is 13.7. The van der Waals surface area contributed by atoms with E-state index in [2.05, 4.69) is 10.6 Å². The van der Waals surface area contributed by atoms with Gasteiger partial charge in [-0.25, -0.2) is 4.79 Å². The van der Waals surface area contributed by atoms with Crippen LogP contribution in [0, 0.1) is 17.8 Å². The molecule has 5 N–H and O–H groups in total. The number of ether oxygens (including phenoxy) is 4. The molecule has 5 rings (SSSR count). The summed E-state index contributed by atoms with van der Waals surface area (Å²) in [5.74, 6) is -0.615. The maximum absolute atomic E-state index is 13.7. The Kier molecular flexibility index (Phi) is 8.24. The average Bonchev–Trinajstić information content (AvgIpc) is 3.56. The van der Waals surface area contributed by atoms with E-state index in [1.807, 2.05) is 27.8 Å². The molecule has 5 fully saturated rings. The standard InChI is InChI=1S/C28H47N3O7/c1-15-11-18(32)24-20(35-15)14-19-17(25(24)33)13-22(27(2,3)37-19)36-26(34)28(8-10-30-4)21(38-28)6-5-16-7-9-31-23(29)12-16/h15-17,19-25,30-31,33H,5-14,29H2,1-4H3/t15?,16?,17?,19?,20?,21-,22-,23?,24?,25?,28-/m1/s1. The summed E-state index contributed by atoms with van der Waals surface area (Å²) >= 11 is 0. The van der Waals surface area contributed by atoms with Crippen molar-refractivity contribution in [2.45, 2.75) is 126 Å². The lowest BCUT2D eigenvalue weighted by Gasteiger charge is -2.53. The van der Waals surface area contributed by atoms with Crippen molar-refractivity contribution in [1.82, 2.24) is 10.6 Å². The summed E-state index contributed by atoms with van der Waals surface area (Å²) in [6, 6.07) is 0. The first-order valence-corrected chi connectivity index (χ1v) is 14.6. The third kappa shape index (κ3) is 5.55. The van der Waals surface area contributed by atoms with Gasteiger partial charge in [-0.2, -0.15) is 0 Å². The summed E-state index contributed by atoms with van der Waals surface area (Å²) in [4.78, 5) is 26.4. The molecule has 4 saturated heterocycles. The highest BCUT2D eigenvalue weighted by Crippen LogP contribution is 2.49. The highest BCUT2D eigenvalue weighted by atomic mass is 16.7. The summed E-state index contributed by atoms with van der Waals surface area (Å²) in [6.45, 7) is 7.32. The van der Waals surface area contributed by atoms with E-state index in [9.17, 15) is 14.7 Å². The van der Waals surface area contributed by atoms with Crippen LogP contribution >= 0.6 is 0 Å². The van der Waals surface area contributed by atoms with Crippen molar-refractivity contribution in [3.63, 3.8) is 0 Å². The molecule has 0 spiro atoms. The van der Waals surface area contributed by atoms with Gasteiger partial charge in [0.05, 0.1) is 48.2 Å². The number of aliphatic hydroxyl groups is 1. The van der Waals surface area contributed by atoms with Crippen LogP contribution in [-0.2, 0) is 28.5 Å². The first-order valence-electron chi connectivity index (χ1n) is 14.6. The SMILES string of the molecule is CNCC[C@@]1(C(=O)O[C@@H]2CC3C(CC4OC(C)CC(=O)C4C3O)OC2(C)C)O[C@@H]1CCC1CCNC(N)C1. The minimum atomic E-state index is -0.954. The fraction of sp³-hybridized carbons (Fsp3) is 0.929. The zero-order valence-corrected chi connectivity index (χ0v) is 23.3. The van der Waals surface area contributed by atoms with Crippen molar-refractivity contribution < 1.29 is 33.6 Å². The molecule has 1 saturated carbocycles. The maximum Gasteiger partial charge on any atom is 0.341 e. The molecule has 5 aliphatic rings. The highest BCUT2D eigenvalue weighted by Gasteiger charge is 2.64. The van der Waals surface area contributed by atoms with Crippen LogP contribution < -0.4 is 16.4 Å². The Balaban J connectivity index is 1.24. The Bertz CT molecular complexity index is 887. The topological polar surface area (TPSA) is 145 Å². The van der Waals surface area contributed by atoms with Gasteiger partial charge in [0.1, 0.15) is 11.9 Å². The molecule has 0 aromatic heterocycles. The number of carbonyl (C=O) groups is 2. The Morgan fingerprint density at radius 2 is 2.00 bits per heavy atom. The molecule has 8 unspecified atom stereocenters. The molecule has 0 bridgehead atoms. The van der Waals surface area contributed by atoms with Gasteiger partial charge in [0, 0.05) is 25.2 Å². The minimum absolute atomic E-state index is 0.0366. The van der Waals surface area contributed by atoms with Gasteiger partial charge in [0.2, 0.25) is 0 Å². The largest absolute Gasteiger partial charge is 0.457 e. The molecule has 4 aliphatic heterocycles. The molecule has 10 heteroatoms. The number of fused-ring (bicyclic) bond motifs is 2. The number of aliphatic hydroxyl groups excluding tert-OH is 1. The van der Waals surface area contributed by atoms with E-state index >= 15 is 0 Å². The molecule has 0 aromatic rings. The van der Waals surface area contributed by atoms with E-state index < -0.39 is 29.3 Å². The number of Topliss-reactive ketones (excluding diaryl/α,β-unsaturated/α-hetero) is 1. The summed E-state index contributed by atoms with van der Waals surface area (Å²) in [7, 11) is 1.86. The van der Waals surface area contributed by atoms with Gasteiger partial charge in [-0.15, -0.1) is 0 Å². The molecule has 0 aromatic carbocycles. The molecule has 216 valence electrons. The van der Waals surface area contributed by atoms with Gasteiger partial charge in [0.15, 0.2) is 5.60 Å². The Morgan fingerprint density at radius 3 is 2.74 bits per heavy atom. The second-order valence-corrected chi connectivity index (χ2v) is 12.8. The summed E-state index contributed by atoms with van der Waals surface area (Å²) in [5.41, 5.74) is 4.37. The number of nitrogens with two attached hydrogens (primary N) is 1. The number of hydrogen-bond donors (Lipinski definition) is 4. The molecular formula is C28H47N3O7. The summed E-state index contributed by atoms with van der Waals surface area (Å²) in [5, 5.41) is 17.7. The van der Waals surface area contributed by atoms with Crippen molar-refractivity contribution in [3.8, 4) is 0 Å². The number of epoxide rings is 1. The second-order valence-electron chi connectivity index (χ2n) is 12.8. The fourth-order valence-electron chi connectivity index (χ4n) is 7.41. The van der Waals surface area contributed by atoms with Crippen molar-refractivity contribution in [2.75, 3.05) is 20.1 Å². The zero-order chi connectivity index (χ0) is 27.2. The van der Waals surface area contributed by atoms with Gasteiger partial charge >= 0.3 is 5.97 Å². The van der Waals surface area contributed by atoms with E-state index in [1.54, 1.807) is 0 Å². The van der Waals surface area contributed by atoms with Gasteiger partial charge < -0.3 is 40.4 Å². The van der Waals surface area contributed by atoms with Crippen molar-refractivity contribution in [1.29, 1.82) is 0 Å². The normalized spacial score (nSPS) is 46.1. The van der Waals surface area contributed by atoms with Gasteiger partial charge in [-0.05, 0) is 78.9 Å². The van der Waals surface area contributed by atoms with Crippen LogP contribution in [0.25, 0.3) is 0 Å². The third-order valence-electron chi connectivity index (χ3n) is 9.67. The Morgan fingerprint density at radius 1 is 1.21 bits per heavy atom. The number of rotatable bonds is 8. The molecule has 0 radical (unpaired) electrons. The van der Waals surface area contributed by atoms with Gasteiger partial charge in [0.25, 0.3) is 0 Å². The molecule has 1 aliphatic carbocycles. The van der Waals surface area contributed by atoms with Gasteiger partial charge in [-0.1, -0.05) is 0 Å². The van der Waals surface area contributed by atoms with E-state index in [1.165, 1.54) is 0 Å². The van der Waals surface area contributed by atoms with Crippen molar-refractivity contribution in [2.24, 2.45) is 23.5 Å². The third-order valence-corrected chi connectivity index (χ3v) is 9.67. The zero-order valence-electron chi connectivity index (χ0n) is 23.3. The highest BCUT2D eigenvalue weighted by molar-refractivity contribution is 5.84. The number of esters is 1. The lowest BCUT2D eigenvalue weighted by Crippen LogP contribution is -2.63. The predicted molar refractivity (Wildman–Crippen MR) is 139 cm³/mol. The second kappa shape index (κ2) is 11.0. The van der Waals surface area contributed by atoms with Crippen LogP contribution in [0.2, 0.25) is 0 Å². The molecule has 10 nitrogen and oxygen atoms in total. The van der Waals surface area contributed by atoms with Crippen LogP contribution in [0.4, 0.5) is 0 Å². The number of ketones is 1. The molecule has 0 amide bonds.